The molecule has 0 bridgehead atoms. The third-order valence-corrected chi connectivity index (χ3v) is 3.26. The predicted molar refractivity (Wildman–Crippen MR) is 72.4 cm³/mol. The van der Waals surface area contributed by atoms with Crippen LogP contribution >= 0.6 is 11.3 Å². The van der Waals surface area contributed by atoms with E-state index < -0.39 is 0 Å². The number of hydrogen-bond donors (Lipinski definition) is 2. The van der Waals surface area contributed by atoms with Gasteiger partial charge in [0.2, 0.25) is 0 Å². The van der Waals surface area contributed by atoms with Crippen LogP contribution in [0, 0.1) is 0 Å². The summed E-state index contributed by atoms with van der Waals surface area (Å²) in [7, 11) is 0. The van der Waals surface area contributed by atoms with Crippen molar-refractivity contribution < 1.29 is 0 Å². The van der Waals surface area contributed by atoms with Crippen molar-refractivity contribution in [1.82, 2.24) is 5.32 Å². The van der Waals surface area contributed by atoms with Crippen molar-refractivity contribution in [3.63, 3.8) is 0 Å². The lowest BCUT2D eigenvalue weighted by molar-refractivity contribution is 1.10. The molecule has 0 saturated heterocycles. The molecule has 0 saturated carbocycles. The highest BCUT2D eigenvalue weighted by molar-refractivity contribution is 7.08. The number of thiophene rings is 1. The summed E-state index contributed by atoms with van der Waals surface area (Å²) in [6.45, 7) is 0. The molecule has 1 aliphatic carbocycles. The fourth-order valence-electron chi connectivity index (χ4n) is 1.77. The van der Waals surface area contributed by atoms with E-state index in [2.05, 4.69) is 15.7 Å². The quantitative estimate of drug-likeness (QED) is 0.793. The first kappa shape index (κ1) is 10.1. The summed E-state index contributed by atoms with van der Waals surface area (Å²) < 4.78 is 0. The topological polar surface area (TPSA) is 50.4 Å². The number of allylic oxidation sites excluding steroid dienone is 6. The molecule has 84 valence electrons. The van der Waals surface area contributed by atoms with Gasteiger partial charge in [-0.05, 0) is 23.1 Å². The number of rotatable bonds is 1. The highest BCUT2D eigenvalue weighted by atomic mass is 32.1. The van der Waals surface area contributed by atoms with E-state index in [-0.39, 0.29) is 0 Å². The molecule has 17 heavy (non-hydrogen) atoms. The first-order valence-corrected chi connectivity index (χ1v) is 6.22. The summed E-state index contributed by atoms with van der Waals surface area (Å²) in [4.78, 5) is 4.32. The summed E-state index contributed by atoms with van der Waals surface area (Å²) >= 11 is 1.65. The SMILES string of the molecule is NC1=NC(c2ccsc2)=CC(=C2C=CC=C2)N1. The Bertz CT molecular complexity index is 572. The molecule has 0 atom stereocenters. The second-order valence-corrected chi connectivity index (χ2v) is 4.53. The molecule has 2 aliphatic rings. The van der Waals surface area contributed by atoms with Crippen molar-refractivity contribution in [1.29, 1.82) is 0 Å². The number of nitrogens with one attached hydrogen (secondary N) is 1. The molecule has 1 aromatic heterocycles. The lowest BCUT2D eigenvalue weighted by Crippen LogP contribution is -2.33. The van der Waals surface area contributed by atoms with Crippen LogP contribution in [-0.2, 0) is 0 Å². The van der Waals surface area contributed by atoms with E-state index in [0.29, 0.717) is 5.96 Å². The average Bonchev–Trinajstić information content (AvgIpc) is 3.02. The second-order valence-electron chi connectivity index (χ2n) is 3.75. The Hall–Kier alpha value is -2.07. The zero-order valence-electron chi connectivity index (χ0n) is 9.05. The molecule has 1 aromatic rings. The van der Waals surface area contributed by atoms with Crippen molar-refractivity contribution in [3.05, 3.63) is 64.0 Å². The Balaban J connectivity index is 2.06. The van der Waals surface area contributed by atoms with E-state index in [4.69, 9.17) is 5.73 Å². The van der Waals surface area contributed by atoms with Crippen molar-refractivity contribution in [2.75, 3.05) is 0 Å². The summed E-state index contributed by atoms with van der Waals surface area (Å²) in [6.07, 6.45) is 10.1. The molecule has 2 heterocycles. The Morgan fingerprint density at radius 1 is 1.24 bits per heavy atom. The standard InChI is InChI=1S/C13H11N3S/c14-13-15-11(9-3-1-2-4-9)7-12(16-13)10-5-6-17-8-10/h1-8H,(H3,14,15,16). The molecule has 0 spiro atoms. The van der Waals surface area contributed by atoms with Gasteiger partial charge in [0.05, 0.1) is 11.4 Å². The van der Waals surface area contributed by atoms with Gasteiger partial charge in [-0.3, -0.25) is 0 Å². The van der Waals surface area contributed by atoms with Crippen LogP contribution in [0.3, 0.4) is 0 Å². The molecular formula is C13H11N3S. The molecule has 0 radical (unpaired) electrons. The Morgan fingerprint density at radius 2 is 2.06 bits per heavy atom. The fraction of sp³-hybridized carbons (Fsp3) is 0. The van der Waals surface area contributed by atoms with Crippen molar-refractivity contribution >= 4 is 23.0 Å². The van der Waals surface area contributed by atoms with E-state index in [0.717, 1.165) is 22.5 Å². The molecule has 0 amide bonds. The Labute approximate surface area is 103 Å². The molecule has 3 N–H and O–H groups in total. The maximum Gasteiger partial charge on any atom is 0.198 e. The Morgan fingerprint density at radius 3 is 2.76 bits per heavy atom. The number of guanidine groups is 1. The molecule has 0 aromatic carbocycles. The smallest absolute Gasteiger partial charge is 0.198 e. The van der Waals surface area contributed by atoms with Crippen LogP contribution in [0.5, 0.6) is 0 Å². The maximum absolute atomic E-state index is 5.81. The van der Waals surface area contributed by atoms with Gasteiger partial charge in [-0.15, -0.1) is 0 Å². The van der Waals surface area contributed by atoms with Crippen LogP contribution in [0.1, 0.15) is 5.56 Å². The largest absolute Gasteiger partial charge is 0.369 e. The van der Waals surface area contributed by atoms with Crippen LogP contribution in [-0.4, -0.2) is 5.96 Å². The molecule has 4 heteroatoms. The van der Waals surface area contributed by atoms with Crippen LogP contribution in [0.25, 0.3) is 5.70 Å². The molecule has 3 nitrogen and oxygen atoms in total. The monoisotopic (exact) mass is 241 g/mol. The average molecular weight is 241 g/mol. The second kappa shape index (κ2) is 4.07. The van der Waals surface area contributed by atoms with E-state index in [1.54, 1.807) is 11.3 Å². The van der Waals surface area contributed by atoms with Crippen LogP contribution in [0.2, 0.25) is 0 Å². The van der Waals surface area contributed by atoms with Gasteiger partial charge >= 0.3 is 0 Å². The van der Waals surface area contributed by atoms with Gasteiger partial charge in [0.15, 0.2) is 5.96 Å². The third kappa shape index (κ3) is 1.94. The minimum Gasteiger partial charge on any atom is -0.369 e. The van der Waals surface area contributed by atoms with E-state index in [1.807, 2.05) is 41.8 Å². The van der Waals surface area contributed by atoms with Crippen molar-refractivity contribution in [2.45, 2.75) is 0 Å². The lowest BCUT2D eigenvalue weighted by atomic mass is 10.1. The van der Waals surface area contributed by atoms with Gasteiger partial charge in [-0.25, -0.2) is 4.99 Å². The fourth-order valence-corrected chi connectivity index (χ4v) is 2.42. The molecule has 3 rings (SSSR count). The molecular weight excluding hydrogens is 230 g/mol. The van der Waals surface area contributed by atoms with Crippen LogP contribution in [0.4, 0.5) is 0 Å². The normalized spacial score (nSPS) is 18.1. The van der Waals surface area contributed by atoms with Gasteiger partial charge < -0.3 is 11.1 Å². The number of aliphatic imine (C=N–C) groups is 1. The number of hydrogen-bond acceptors (Lipinski definition) is 4. The van der Waals surface area contributed by atoms with Crippen molar-refractivity contribution in [2.24, 2.45) is 10.7 Å². The summed E-state index contributed by atoms with van der Waals surface area (Å²) in [5.41, 5.74) is 9.92. The Kier molecular flexibility index (Phi) is 2.42. The van der Waals surface area contributed by atoms with Crippen LogP contribution in [0.15, 0.2) is 63.5 Å². The highest BCUT2D eigenvalue weighted by Crippen LogP contribution is 2.24. The van der Waals surface area contributed by atoms with Crippen LogP contribution < -0.4 is 11.1 Å². The minimum atomic E-state index is 0.435. The zero-order valence-corrected chi connectivity index (χ0v) is 9.87. The molecule has 1 aliphatic heterocycles. The van der Waals surface area contributed by atoms with E-state index in [1.165, 1.54) is 0 Å². The first-order valence-electron chi connectivity index (χ1n) is 5.27. The highest BCUT2D eigenvalue weighted by Gasteiger charge is 2.12. The maximum atomic E-state index is 5.81. The van der Waals surface area contributed by atoms with Gasteiger partial charge in [0.25, 0.3) is 0 Å². The summed E-state index contributed by atoms with van der Waals surface area (Å²) in [6, 6.07) is 2.04. The predicted octanol–water partition coefficient (Wildman–Crippen LogP) is 2.39. The van der Waals surface area contributed by atoms with Gasteiger partial charge in [-0.1, -0.05) is 24.3 Å². The van der Waals surface area contributed by atoms with E-state index in [9.17, 15) is 0 Å². The zero-order chi connectivity index (χ0) is 11.7. The number of nitrogens with two attached hydrogens (primary N) is 1. The minimum absolute atomic E-state index is 0.435. The summed E-state index contributed by atoms with van der Waals surface area (Å²) in [5.74, 6) is 0.435. The van der Waals surface area contributed by atoms with E-state index >= 15 is 0 Å². The van der Waals surface area contributed by atoms with Gasteiger partial charge in [0, 0.05) is 10.9 Å². The first-order chi connectivity index (χ1) is 8.33. The molecule has 0 unspecified atom stereocenters. The van der Waals surface area contributed by atoms with Gasteiger partial charge in [-0.2, -0.15) is 11.3 Å². The molecule has 0 fully saturated rings. The van der Waals surface area contributed by atoms with Gasteiger partial charge in [0.1, 0.15) is 0 Å². The van der Waals surface area contributed by atoms with Crippen molar-refractivity contribution in [3.8, 4) is 0 Å². The summed E-state index contributed by atoms with van der Waals surface area (Å²) in [5, 5.41) is 7.18. The number of nitrogens with zero attached hydrogens (tertiary/aromatic N) is 1. The third-order valence-electron chi connectivity index (χ3n) is 2.58. The lowest BCUT2D eigenvalue weighted by Gasteiger charge is -2.15.